The van der Waals surface area contributed by atoms with Crippen LogP contribution < -0.4 is 0 Å². The van der Waals surface area contributed by atoms with Gasteiger partial charge in [-0.1, -0.05) is 26.7 Å². The van der Waals surface area contributed by atoms with Gasteiger partial charge in [-0.2, -0.15) is 0 Å². The van der Waals surface area contributed by atoms with E-state index < -0.39 is 0 Å². The molecule has 0 radical (unpaired) electrons. The summed E-state index contributed by atoms with van der Waals surface area (Å²) in [6, 6.07) is 2.03. The van der Waals surface area contributed by atoms with E-state index in [2.05, 4.69) is 47.6 Å². The summed E-state index contributed by atoms with van der Waals surface area (Å²) in [5.41, 5.74) is 3.03. The van der Waals surface area contributed by atoms with Gasteiger partial charge in [0.15, 0.2) is 11.5 Å². The lowest BCUT2D eigenvalue weighted by Crippen LogP contribution is -2.11. The van der Waals surface area contributed by atoms with Crippen LogP contribution in [0.3, 0.4) is 0 Å². The van der Waals surface area contributed by atoms with Crippen molar-refractivity contribution >= 4 is 11.2 Å². The Bertz CT molecular complexity index is 576. The lowest BCUT2D eigenvalue weighted by molar-refractivity contribution is 0.594. The average Bonchev–Trinajstić information content (AvgIpc) is 2.58. The van der Waals surface area contributed by atoms with Crippen LogP contribution in [0, 0.1) is 11.8 Å². The monoisotopic (exact) mass is 213 g/mol. The van der Waals surface area contributed by atoms with Crippen molar-refractivity contribution in [1.82, 2.24) is 15.0 Å². The van der Waals surface area contributed by atoms with Crippen LogP contribution in [-0.2, 0) is 5.41 Å². The molecule has 82 valence electrons. The third-order valence-electron chi connectivity index (χ3n) is 2.44. The summed E-state index contributed by atoms with van der Waals surface area (Å²) in [7, 11) is 0. The molecule has 1 N–H and O–H groups in total. The fourth-order valence-corrected chi connectivity index (χ4v) is 1.71. The quantitative estimate of drug-likeness (QED) is 0.683. The number of fused-ring (bicyclic) bond motifs is 1. The lowest BCUT2D eigenvalue weighted by atomic mass is 9.87. The van der Waals surface area contributed by atoms with Crippen molar-refractivity contribution in [2.75, 3.05) is 0 Å². The van der Waals surface area contributed by atoms with Gasteiger partial charge in [-0.15, -0.1) is 0 Å². The van der Waals surface area contributed by atoms with Crippen LogP contribution in [-0.4, -0.2) is 15.0 Å². The largest absolute Gasteiger partial charge is 0.330 e. The topological polar surface area (TPSA) is 41.6 Å². The van der Waals surface area contributed by atoms with Crippen LogP contribution in [0.1, 0.15) is 39.1 Å². The molecular formula is C13H15N3. The second-order valence-electron chi connectivity index (χ2n) is 4.77. The highest BCUT2D eigenvalue weighted by atomic mass is 15.0. The molecule has 16 heavy (non-hydrogen) atoms. The zero-order valence-electron chi connectivity index (χ0n) is 10.0. The van der Waals surface area contributed by atoms with Gasteiger partial charge in [0.05, 0.1) is 5.52 Å². The van der Waals surface area contributed by atoms with Gasteiger partial charge in [0.2, 0.25) is 0 Å². The van der Waals surface area contributed by atoms with Crippen molar-refractivity contribution in [3.8, 4) is 11.8 Å². The SMILES string of the molecule is CC#Cc1nc2nccc(C(C)(C)C)c2[nH]1. The predicted octanol–water partition coefficient (Wildman–Crippen LogP) is 2.63. The van der Waals surface area contributed by atoms with Gasteiger partial charge >= 0.3 is 0 Å². The summed E-state index contributed by atoms with van der Waals surface area (Å²) < 4.78 is 0. The second kappa shape index (κ2) is 3.64. The number of H-pyrrole nitrogens is 1. The number of nitrogens with one attached hydrogen (secondary N) is 1. The lowest BCUT2D eigenvalue weighted by Gasteiger charge is -2.18. The molecule has 0 spiro atoms. The van der Waals surface area contributed by atoms with Gasteiger partial charge in [-0.3, -0.25) is 0 Å². The van der Waals surface area contributed by atoms with E-state index in [1.807, 2.05) is 6.07 Å². The Hall–Kier alpha value is -1.82. The number of hydrogen-bond acceptors (Lipinski definition) is 2. The van der Waals surface area contributed by atoms with Gasteiger partial charge < -0.3 is 4.98 Å². The first-order chi connectivity index (χ1) is 7.52. The maximum atomic E-state index is 4.34. The van der Waals surface area contributed by atoms with Crippen molar-refractivity contribution in [3.63, 3.8) is 0 Å². The van der Waals surface area contributed by atoms with Crippen molar-refractivity contribution < 1.29 is 0 Å². The Kier molecular flexibility index (Phi) is 2.43. The normalized spacial score (nSPS) is 11.2. The van der Waals surface area contributed by atoms with Crippen molar-refractivity contribution in [3.05, 3.63) is 23.7 Å². The number of aromatic nitrogens is 3. The van der Waals surface area contributed by atoms with E-state index in [-0.39, 0.29) is 5.41 Å². The second-order valence-corrected chi connectivity index (χ2v) is 4.77. The highest BCUT2D eigenvalue weighted by Gasteiger charge is 2.18. The maximum absolute atomic E-state index is 4.34. The molecule has 2 aromatic rings. The zero-order valence-corrected chi connectivity index (χ0v) is 10.0. The minimum Gasteiger partial charge on any atom is -0.330 e. The van der Waals surface area contributed by atoms with Crippen molar-refractivity contribution in [2.45, 2.75) is 33.1 Å². The van der Waals surface area contributed by atoms with Gasteiger partial charge in [0, 0.05) is 6.20 Å². The standard InChI is InChI=1S/C13H15N3/c1-5-6-10-15-11-9(13(2,3)4)7-8-14-12(11)16-10/h7-8H,1-4H3,(H,14,15,16). The highest BCUT2D eigenvalue weighted by Crippen LogP contribution is 2.27. The Labute approximate surface area is 95.3 Å². The molecule has 0 aliphatic rings. The van der Waals surface area contributed by atoms with Crippen LogP contribution in [0.5, 0.6) is 0 Å². The van der Waals surface area contributed by atoms with E-state index in [0.29, 0.717) is 5.82 Å². The van der Waals surface area contributed by atoms with Crippen LogP contribution >= 0.6 is 0 Å². The van der Waals surface area contributed by atoms with Gasteiger partial charge in [-0.25, -0.2) is 9.97 Å². The van der Waals surface area contributed by atoms with E-state index in [1.54, 1.807) is 13.1 Å². The molecule has 0 aliphatic carbocycles. The third kappa shape index (κ3) is 1.79. The molecule has 3 heteroatoms. The number of aromatic amines is 1. The summed E-state index contributed by atoms with van der Waals surface area (Å²) in [5.74, 6) is 6.43. The molecule has 0 unspecified atom stereocenters. The smallest absolute Gasteiger partial charge is 0.185 e. The number of nitrogens with zero attached hydrogens (tertiary/aromatic N) is 2. The van der Waals surface area contributed by atoms with E-state index in [9.17, 15) is 0 Å². The Morgan fingerprint density at radius 3 is 2.69 bits per heavy atom. The first kappa shape index (κ1) is 10.7. The van der Waals surface area contributed by atoms with E-state index in [0.717, 1.165) is 11.2 Å². The highest BCUT2D eigenvalue weighted by molar-refractivity contribution is 5.76. The Balaban J connectivity index is 2.71. The van der Waals surface area contributed by atoms with Crippen LogP contribution in [0.2, 0.25) is 0 Å². The molecule has 2 heterocycles. The van der Waals surface area contributed by atoms with Crippen LogP contribution in [0.25, 0.3) is 11.2 Å². The molecule has 0 saturated carbocycles. The summed E-state index contributed by atoms with van der Waals surface area (Å²) >= 11 is 0. The molecule has 0 atom stereocenters. The molecule has 2 aromatic heterocycles. The fraction of sp³-hybridized carbons (Fsp3) is 0.385. The summed E-state index contributed by atoms with van der Waals surface area (Å²) in [5, 5.41) is 0. The van der Waals surface area contributed by atoms with E-state index in [4.69, 9.17) is 0 Å². The minimum absolute atomic E-state index is 0.0740. The molecular weight excluding hydrogens is 198 g/mol. The van der Waals surface area contributed by atoms with Gasteiger partial charge in [-0.05, 0) is 29.9 Å². The van der Waals surface area contributed by atoms with E-state index in [1.165, 1.54) is 5.56 Å². The molecule has 0 bridgehead atoms. The zero-order chi connectivity index (χ0) is 11.8. The van der Waals surface area contributed by atoms with Crippen LogP contribution in [0.4, 0.5) is 0 Å². The Morgan fingerprint density at radius 2 is 2.06 bits per heavy atom. The third-order valence-corrected chi connectivity index (χ3v) is 2.44. The molecule has 0 aliphatic heterocycles. The predicted molar refractivity (Wildman–Crippen MR) is 65.1 cm³/mol. The number of rotatable bonds is 0. The van der Waals surface area contributed by atoms with Crippen molar-refractivity contribution in [2.24, 2.45) is 0 Å². The van der Waals surface area contributed by atoms with Crippen LogP contribution in [0.15, 0.2) is 12.3 Å². The van der Waals surface area contributed by atoms with Crippen molar-refractivity contribution in [1.29, 1.82) is 0 Å². The molecule has 0 amide bonds. The van der Waals surface area contributed by atoms with Gasteiger partial charge in [0.25, 0.3) is 0 Å². The Morgan fingerprint density at radius 1 is 1.31 bits per heavy atom. The number of pyridine rings is 1. The summed E-state index contributed by atoms with van der Waals surface area (Å²) in [4.78, 5) is 11.8. The molecule has 3 nitrogen and oxygen atoms in total. The van der Waals surface area contributed by atoms with Gasteiger partial charge in [0.1, 0.15) is 0 Å². The maximum Gasteiger partial charge on any atom is 0.185 e. The molecule has 0 saturated heterocycles. The number of imidazole rings is 1. The fourth-order valence-electron chi connectivity index (χ4n) is 1.71. The summed E-state index contributed by atoms with van der Waals surface area (Å²) in [6.07, 6.45) is 1.80. The molecule has 2 rings (SSSR count). The number of hydrogen-bond donors (Lipinski definition) is 1. The first-order valence-corrected chi connectivity index (χ1v) is 5.30. The molecule has 0 fully saturated rings. The molecule has 0 aromatic carbocycles. The summed E-state index contributed by atoms with van der Waals surface area (Å²) in [6.45, 7) is 8.32. The average molecular weight is 213 g/mol. The minimum atomic E-state index is 0.0740. The van der Waals surface area contributed by atoms with E-state index >= 15 is 0 Å². The first-order valence-electron chi connectivity index (χ1n) is 5.30.